The lowest BCUT2D eigenvalue weighted by Crippen LogP contribution is -2.17. The Morgan fingerprint density at radius 2 is 2.16 bits per heavy atom. The highest BCUT2D eigenvalue weighted by Gasteiger charge is 2.09. The summed E-state index contributed by atoms with van der Waals surface area (Å²) in [6.45, 7) is 9.37. The molecule has 0 fully saturated rings. The lowest BCUT2D eigenvalue weighted by Gasteiger charge is -2.10. The first-order valence-corrected chi connectivity index (χ1v) is 8.97. The van der Waals surface area contributed by atoms with Gasteiger partial charge in [0, 0.05) is 48.0 Å². The SMILES string of the molecule is COc1ccc2[nH]c(CNCCCn3ccnc3C(C)C)c(C)c2c1. The summed E-state index contributed by atoms with van der Waals surface area (Å²) < 4.78 is 7.58. The Morgan fingerprint density at radius 3 is 2.92 bits per heavy atom. The van der Waals surface area contributed by atoms with E-state index in [0.29, 0.717) is 5.92 Å². The standard InChI is InChI=1S/C20H28N4O/c1-14(2)20-22-9-11-24(20)10-5-8-21-13-19-15(3)17-12-16(25-4)6-7-18(17)23-19/h6-7,9,11-12,14,21,23H,5,8,10,13H2,1-4H3. The van der Waals surface area contributed by atoms with E-state index in [1.807, 2.05) is 12.3 Å². The molecule has 1 aromatic carbocycles. The summed E-state index contributed by atoms with van der Waals surface area (Å²) in [4.78, 5) is 7.95. The molecule has 0 atom stereocenters. The lowest BCUT2D eigenvalue weighted by atomic mass is 10.1. The average Bonchev–Trinajstić information content (AvgIpc) is 3.19. The van der Waals surface area contributed by atoms with Crippen molar-refractivity contribution in [2.24, 2.45) is 0 Å². The summed E-state index contributed by atoms with van der Waals surface area (Å²) >= 11 is 0. The molecule has 2 N–H and O–H groups in total. The van der Waals surface area contributed by atoms with Crippen LogP contribution in [0.25, 0.3) is 10.9 Å². The molecule has 0 aliphatic carbocycles. The lowest BCUT2D eigenvalue weighted by molar-refractivity contribution is 0.415. The molecule has 0 amide bonds. The number of H-pyrrole nitrogens is 1. The second kappa shape index (κ2) is 7.74. The largest absolute Gasteiger partial charge is 0.497 e. The van der Waals surface area contributed by atoms with Gasteiger partial charge in [0.1, 0.15) is 11.6 Å². The number of hydrogen-bond acceptors (Lipinski definition) is 3. The Kier molecular flexibility index (Phi) is 5.43. The van der Waals surface area contributed by atoms with Gasteiger partial charge in [-0.05, 0) is 43.7 Å². The van der Waals surface area contributed by atoms with Gasteiger partial charge in [0.2, 0.25) is 0 Å². The van der Waals surface area contributed by atoms with E-state index in [-0.39, 0.29) is 0 Å². The van der Waals surface area contributed by atoms with E-state index in [0.717, 1.165) is 37.3 Å². The Hall–Kier alpha value is -2.27. The zero-order valence-electron chi connectivity index (χ0n) is 15.6. The van der Waals surface area contributed by atoms with Crippen molar-refractivity contribution in [2.75, 3.05) is 13.7 Å². The van der Waals surface area contributed by atoms with Gasteiger partial charge >= 0.3 is 0 Å². The van der Waals surface area contributed by atoms with Crippen LogP contribution in [-0.4, -0.2) is 28.2 Å². The Balaban J connectivity index is 1.53. The van der Waals surface area contributed by atoms with Gasteiger partial charge in [-0.25, -0.2) is 4.98 Å². The molecule has 0 spiro atoms. The van der Waals surface area contributed by atoms with E-state index in [1.54, 1.807) is 7.11 Å². The van der Waals surface area contributed by atoms with Crippen molar-refractivity contribution < 1.29 is 4.74 Å². The van der Waals surface area contributed by atoms with Crippen LogP contribution in [0.4, 0.5) is 0 Å². The molecule has 3 aromatic rings. The first kappa shape index (κ1) is 17.5. The van der Waals surface area contributed by atoms with Crippen LogP contribution in [-0.2, 0) is 13.1 Å². The molecular weight excluding hydrogens is 312 g/mol. The van der Waals surface area contributed by atoms with Crippen molar-refractivity contribution in [3.8, 4) is 5.75 Å². The molecule has 5 heteroatoms. The molecule has 0 aliphatic rings. The van der Waals surface area contributed by atoms with Crippen LogP contribution in [0.15, 0.2) is 30.6 Å². The van der Waals surface area contributed by atoms with E-state index in [9.17, 15) is 0 Å². The van der Waals surface area contributed by atoms with Crippen LogP contribution in [0.5, 0.6) is 5.75 Å². The summed E-state index contributed by atoms with van der Waals surface area (Å²) in [5.41, 5.74) is 3.70. The van der Waals surface area contributed by atoms with Crippen molar-refractivity contribution in [1.29, 1.82) is 0 Å². The minimum absolute atomic E-state index is 0.467. The molecule has 5 nitrogen and oxygen atoms in total. The molecule has 0 saturated heterocycles. The Labute approximate surface area is 149 Å². The zero-order valence-corrected chi connectivity index (χ0v) is 15.6. The number of fused-ring (bicyclic) bond motifs is 1. The number of nitrogens with zero attached hydrogens (tertiary/aromatic N) is 2. The van der Waals surface area contributed by atoms with Crippen molar-refractivity contribution in [1.82, 2.24) is 19.9 Å². The predicted molar refractivity (Wildman–Crippen MR) is 102 cm³/mol. The fourth-order valence-corrected chi connectivity index (χ4v) is 3.26. The molecule has 0 radical (unpaired) electrons. The summed E-state index contributed by atoms with van der Waals surface area (Å²) in [6, 6.07) is 6.17. The fraction of sp³-hybridized carbons (Fsp3) is 0.450. The first-order chi connectivity index (χ1) is 12.1. The van der Waals surface area contributed by atoms with Gasteiger partial charge < -0.3 is 19.6 Å². The minimum atomic E-state index is 0.467. The number of hydrogen-bond donors (Lipinski definition) is 2. The summed E-state index contributed by atoms with van der Waals surface area (Å²) in [5, 5.41) is 4.78. The van der Waals surface area contributed by atoms with Crippen LogP contribution in [0.3, 0.4) is 0 Å². The van der Waals surface area contributed by atoms with Gasteiger partial charge in [-0.1, -0.05) is 13.8 Å². The maximum Gasteiger partial charge on any atom is 0.119 e. The highest BCUT2D eigenvalue weighted by Crippen LogP contribution is 2.25. The van der Waals surface area contributed by atoms with Crippen LogP contribution in [0, 0.1) is 6.92 Å². The van der Waals surface area contributed by atoms with E-state index >= 15 is 0 Å². The van der Waals surface area contributed by atoms with Crippen LogP contribution < -0.4 is 10.1 Å². The zero-order chi connectivity index (χ0) is 17.8. The highest BCUT2D eigenvalue weighted by molar-refractivity contribution is 5.85. The van der Waals surface area contributed by atoms with Crippen LogP contribution in [0.1, 0.15) is 43.3 Å². The number of aryl methyl sites for hydroxylation is 2. The molecule has 2 aromatic heterocycles. The van der Waals surface area contributed by atoms with Crippen LogP contribution in [0.2, 0.25) is 0 Å². The summed E-state index contributed by atoms with van der Waals surface area (Å²) in [7, 11) is 1.70. The third kappa shape index (κ3) is 3.87. The van der Waals surface area contributed by atoms with Gasteiger partial charge in [-0.15, -0.1) is 0 Å². The van der Waals surface area contributed by atoms with E-state index in [4.69, 9.17) is 4.74 Å². The number of aromatic nitrogens is 3. The second-order valence-corrected chi connectivity index (χ2v) is 6.80. The van der Waals surface area contributed by atoms with E-state index in [2.05, 4.69) is 59.0 Å². The number of imidazole rings is 1. The third-order valence-electron chi connectivity index (χ3n) is 4.69. The fourth-order valence-electron chi connectivity index (χ4n) is 3.26. The number of ether oxygens (including phenoxy) is 1. The van der Waals surface area contributed by atoms with Gasteiger partial charge in [-0.2, -0.15) is 0 Å². The van der Waals surface area contributed by atoms with Crippen molar-refractivity contribution in [3.63, 3.8) is 0 Å². The topological polar surface area (TPSA) is 54.9 Å². The third-order valence-corrected chi connectivity index (χ3v) is 4.69. The smallest absolute Gasteiger partial charge is 0.119 e. The van der Waals surface area contributed by atoms with Gasteiger partial charge in [0.25, 0.3) is 0 Å². The molecule has 0 unspecified atom stereocenters. The highest BCUT2D eigenvalue weighted by atomic mass is 16.5. The number of aromatic amines is 1. The molecule has 0 aliphatic heterocycles. The second-order valence-electron chi connectivity index (χ2n) is 6.80. The maximum absolute atomic E-state index is 5.32. The van der Waals surface area contributed by atoms with Gasteiger partial charge in [-0.3, -0.25) is 0 Å². The number of methoxy groups -OCH3 is 1. The van der Waals surface area contributed by atoms with Crippen molar-refractivity contribution in [2.45, 2.75) is 46.2 Å². The number of nitrogens with one attached hydrogen (secondary N) is 2. The molecule has 134 valence electrons. The maximum atomic E-state index is 5.32. The number of benzene rings is 1. The number of rotatable bonds is 8. The normalized spacial score (nSPS) is 11.6. The predicted octanol–water partition coefficient (Wildman–Crippen LogP) is 3.98. The molecule has 3 rings (SSSR count). The Morgan fingerprint density at radius 1 is 1.32 bits per heavy atom. The molecule has 0 bridgehead atoms. The van der Waals surface area contributed by atoms with E-state index in [1.165, 1.54) is 22.5 Å². The van der Waals surface area contributed by atoms with Crippen molar-refractivity contribution >= 4 is 10.9 Å². The molecular formula is C20H28N4O. The van der Waals surface area contributed by atoms with Gasteiger partial charge in [0.05, 0.1) is 7.11 Å². The Bertz CT molecular complexity index is 831. The summed E-state index contributed by atoms with van der Waals surface area (Å²) in [5.74, 6) is 2.53. The monoisotopic (exact) mass is 340 g/mol. The molecule has 25 heavy (non-hydrogen) atoms. The van der Waals surface area contributed by atoms with Gasteiger partial charge in [0.15, 0.2) is 0 Å². The van der Waals surface area contributed by atoms with E-state index < -0.39 is 0 Å². The first-order valence-electron chi connectivity index (χ1n) is 8.97. The summed E-state index contributed by atoms with van der Waals surface area (Å²) in [6.07, 6.45) is 5.05. The van der Waals surface area contributed by atoms with Crippen molar-refractivity contribution in [3.05, 3.63) is 47.7 Å². The molecule has 0 saturated carbocycles. The minimum Gasteiger partial charge on any atom is -0.497 e. The quantitative estimate of drug-likeness (QED) is 0.610. The molecule has 2 heterocycles. The van der Waals surface area contributed by atoms with Crippen LogP contribution >= 0.6 is 0 Å². The average molecular weight is 340 g/mol.